The second kappa shape index (κ2) is 15.1. The van der Waals surface area contributed by atoms with Gasteiger partial charge in [0.15, 0.2) is 11.5 Å². The zero-order valence-corrected chi connectivity index (χ0v) is 25.9. The van der Waals surface area contributed by atoms with Gasteiger partial charge >= 0.3 is 0 Å². The summed E-state index contributed by atoms with van der Waals surface area (Å²) in [7, 11) is 0. The first-order chi connectivity index (χ1) is 19.8. The van der Waals surface area contributed by atoms with E-state index in [1.165, 1.54) is 56.9 Å². The minimum atomic E-state index is 0.152. The van der Waals surface area contributed by atoms with E-state index < -0.39 is 0 Å². The molecule has 0 spiro atoms. The fourth-order valence-electron chi connectivity index (χ4n) is 5.84. The highest BCUT2D eigenvalue weighted by molar-refractivity contribution is 5.78. The van der Waals surface area contributed by atoms with Crippen LogP contribution in [-0.4, -0.2) is 5.11 Å². The van der Waals surface area contributed by atoms with Crippen LogP contribution in [0.4, 0.5) is 0 Å². The predicted octanol–water partition coefficient (Wildman–Crippen LogP) is 11.4. The van der Waals surface area contributed by atoms with Gasteiger partial charge in [0.05, 0.1) is 0 Å². The Kier molecular flexibility index (Phi) is 11.4. The lowest BCUT2D eigenvalue weighted by molar-refractivity contribution is 0.301. The Hall–Kier alpha value is -3.20. The summed E-state index contributed by atoms with van der Waals surface area (Å²) in [5.74, 6) is 5.02. The van der Waals surface area contributed by atoms with Gasteiger partial charge in [-0.2, -0.15) is 0 Å². The monoisotopic (exact) mass is 554 g/mol. The quantitative estimate of drug-likeness (QED) is 0.236. The number of allylic oxidation sites excluding steroid dienone is 4. The minimum Gasteiger partial charge on any atom is -0.504 e. The standard InChI is InChI=1S/C38H50O3/c1-27(2)13-10-14-28(3)15-11-16-29(4)17-12-18-30(5)23-25-33-32-20-7-9-22-35(32)41-38(37(33)39)36-26-24-31-19-6-8-21-34(31)40-36/h6-9,19-24,26-29,39H,10-18,25H2,1-5H3/b30-23+,38-36?/t28-,29-/m1/s1. The van der Waals surface area contributed by atoms with E-state index in [1.807, 2.05) is 60.7 Å². The van der Waals surface area contributed by atoms with E-state index in [-0.39, 0.29) is 5.76 Å². The zero-order chi connectivity index (χ0) is 29.2. The van der Waals surface area contributed by atoms with Crippen molar-refractivity contribution in [1.82, 2.24) is 0 Å². The van der Waals surface area contributed by atoms with Crippen molar-refractivity contribution in [2.24, 2.45) is 17.8 Å². The lowest BCUT2D eigenvalue weighted by Gasteiger charge is -2.25. The summed E-state index contributed by atoms with van der Waals surface area (Å²) in [6.45, 7) is 11.7. The number of benzene rings is 2. The Bertz CT molecular complexity index is 1280. The first-order valence-corrected chi connectivity index (χ1v) is 15.9. The maximum Gasteiger partial charge on any atom is 0.211 e. The molecule has 3 nitrogen and oxygen atoms in total. The van der Waals surface area contributed by atoms with E-state index in [4.69, 9.17) is 9.47 Å². The molecule has 0 unspecified atom stereocenters. The van der Waals surface area contributed by atoms with Crippen LogP contribution in [0.2, 0.25) is 0 Å². The van der Waals surface area contributed by atoms with Crippen LogP contribution in [-0.2, 0) is 0 Å². The minimum absolute atomic E-state index is 0.152. The molecule has 0 saturated carbocycles. The number of rotatable bonds is 14. The Morgan fingerprint density at radius 3 is 2.12 bits per heavy atom. The summed E-state index contributed by atoms with van der Waals surface area (Å²) >= 11 is 0. The molecule has 0 saturated heterocycles. The van der Waals surface area contributed by atoms with Gasteiger partial charge in [0.1, 0.15) is 11.5 Å². The fraction of sp³-hybridized carbons (Fsp3) is 0.474. The van der Waals surface area contributed by atoms with E-state index in [1.54, 1.807) is 0 Å². The molecule has 0 amide bonds. The van der Waals surface area contributed by atoms with Crippen molar-refractivity contribution < 1.29 is 14.6 Å². The topological polar surface area (TPSA) is 38.7 Å². The lowest BCUT2D eigenvalue weighted by atomic mass is 9.91. The molecule has 2 aromatic rings. The predicted molar refractivity (Wildman–Crippen MR) is 173 cm³/mol. The second-order valence-electron chi connectivity index (χ2n) is 12.7. The van der Waals surface area contributed by atoms with E-state index in [0.717, 1.165) is 52.4 Å². The number of ether oxygens (including phenoxy) is 2. The van der Waals surface area contributed by atoms with Crippen LogP contribution < -0.4 is 9.47 Å². The molecule has 0 aromatic heterocycles. The summed E-state index contributed by atoms with van der Waals surface area (Å²) < 4.78 is 12.3. The third-order valence-corrected chi connectivity index (χ3v) is 8.50. The van der Waals surface area contributed by atoms with Crippen LogP contribution in [0, 0.1) is 17.8 Å². The van der Waals surface area contributed by atoms with Gasteiger partial charge in [-0.05, 0) is 68.2 Å². The highest BCUT2D eigenvalue weighted by Crippen LogP contribution is 2.41. The molecule has 0 aliphatic carbocycles. The van der Waals surface area contributed by atoms with Crippen LogP contribution in [0.3, 0.4) is 0 Å². The molecule has 3 heteroatoms. The van der Waals surface area contributed by atoms with E-state index in [0.29, 0.717) is 17.9 Å². The molecule has 41 heavy (non-hydrogen) atoms. The molecule has 1 N–H and O–H groups in total. The van der Waals surface area contributed by atoms with Crippen LogP contribution in [0.15, 0.2) is 83.5 Å². The molecule has 0 fully saturated rings. The Morgan fingerprint density at radius 1 is 0.756 bits per heavy atom. The molecular weight excluding hydrogens is 504 g/mol. The molecular formula is C38H50O3. The van der Waals surface area contributed by atoms with Crippen molar-refractivity contribution in [3.05, 3.63) is 94.7 Å². The van der Waals surface area contributed by atoms with Crippen molar-refractivity contribution in [1.29, 1.82) is 0 Å². The summed E-state index contributed by atoms with van der Waals surface area (Å²) in [5.41, 5.74) is 4.19. The van der Waals surface area contributed by atoms with Gasteiger partial charge in [0, 0.05) is 16.7 Å². The van der Waals surface area contributed by atoms with Crippen LogP contribution >= 0.6 is 0 Å². The number of fused-ring (bicyclic) bond motifs is 2. The molecule has 2 aliphatic rings. The smallest absolute Gasteiger partial charge is 0.211 e. The van der Waals surface area contributed by atoms with Crippen LogP contribution in [0.1, 0.15) is 110 Å². The number of hydrogen-bond donors (Lipinski definition) is 1. The van der Waals surface area contributed by atoms with Gasteiger partial charge < -0.3 is 14.6 Å². The molecule has 2 aliphatic heterocycles. The fourth-order valence-corrected chi connectivity index (χ4v) is 5.84. The third kappa shape index (κ3) is 8.89. The van der Waals surface area contributed by atoms with Crippen molar-refractivity contribution in [3.63, 3.8) is 0 Å². The molecule has 2 heterocycles. The average molecular weight is 555 g/mol. The van der Waals surface area contributed by atoms with Crippen molar-refractivity contribution in [2.45, 2.75) is 98.8 Å². The van der Waals surface area contributed by atoms with E-state index >= 15 is 0 Å². The van der Waals surface area contributed by atoms with Crippen molar-refractivity contribution >= 4 is 11.6 Å². The summed E-state index contributed by atoms with van der Waals surface area (Å²) in [5, 5.41) is 11.4. The second-order valence-corrected chi connectivity index (χ2v) is 12.7. The first-order valence-electron chi connectivity index (χ1n) is 15.9. The highest BCUT2D eigenvalue weighted by Gasteiger charge is 2.28. The Balaban J connectivity index is 1.31. The number of aliphatic hydroxyl groups excluding tert-OH is 1. The van der Waals surface area contributed by atoms with Crippen molar-refractivity contribution in [3.8, 4) is 11.5 Å². The summed E-state index contributed by atoms with van der Waals surface area (Å²) in [4.78, 5) is 0. The largest absolute Gasteiger partial charge is 0.504 e. The third-order valence-electron chi connectivity index (χ3n) is 8.50. The van der Waals surface area contributed by atoms with Gasteiger partial charge in [0.25, 0.3) is 0 Å². The maximum absolute atomic E-state index is 11.4. The molecule has 2 aromatic carbocycles. The maximum atomic E-state index is 11.4. The first kappa shape index (κ1) is 30.8. The van der Waals surface area contributed by atoms with E-state index in [2.05, 4.69) is 40.7 Å². The summed E-state index contributed by atoms with van der Waals surface area (Å²) in [6.07, 6.45) is 18.6. The SMILES string of the molecule is C/C(=C\CC1=C(O)C(=C2C=Cc3ccccc3O2)Oc2ccccc21)CCC[C@H](C)CCC[C@H](C)CCCC(C)C. The van der Waals surface area contributed by atoms with Gasteiger partial charge in [-0.3, -0.25) is 0 Å². The zero-order valence-electron chi connectivity index (χ0n) is 25.9. The van der Waals surface area contributed by atoms with Crippen LogP contribution in [0.25, 0.3) is 11.6 Å². The van der Waals surface area contributed by atoms with Gasteiger partial charge in [-0.25, -0.2) is 0 Å². The van der Waals surface area contributed by atoms with Crippen molar-refractivity contribution in [2.75, 3.05) is 0 Å². The lowest BCUT2D eigenvalue weighted by Crippen LogP contribution is -2.15. The highest BCUT2D eigenvalue weighted by atomic mass is 16.5. The average Bonchev–Trinajstić information content (AvgIpc) is 2.96. The molecule has 0 bridgehead atoms. The molecule has 2 atom stereocenters. The Morgan fingerprint density at radius 2 is 1.39 bits per heavy atom. The number of hydrogen-bond acceptors (Lipinski definition) is 3. The van der Waals surface area contributed by atoms with Gasteiger partial charge in [-0.1, -0.05) is 121 Å². The van der Waals surface area contributed by atoms with E-state index in [9.17, 15) is 5.11 Å². The normalized spacial score (nSPS) is 18.0. The number of aliphatic hydroxyl groups is 1. The van der Waals surface area contributed by atoms with Gasteiger partial charge in [0.2, 0.25) is 5.76 Å². The molecule has 0 radical (unpaired) electrons. The van der Waals surface area contributed by atoms with Gasteiger partial charge in [-0.15, -0.1) is 0 Å². The Labute approximate surface area is 248 Å². The summed E-state index contributed by atoms with van der Waals surface area (Å²) in [6, 6.07) is 15.8. The van der Waals surface area contributed by atoms with Crippen LogP contribution in [0.5, 0.6) is 11.5 Å². The molecule has 220 valence electrons. The number of para-hydroxylation sites is 2. The molecule has 4 rings (SSSR count).